The Morgan fingerprint density at radius 3 is 3.12 bits per heavy atom. The Bertz CT molecular complexity index is 904. The lowest BCUT2D eigenvalue weighted by atomic mass is 10.1. The molecule has 0 radical (unpaired) electrons. The molecule has 4 rings (SSSR count). The fourth-order valence-corrected chi connectivity index (χ4v) is 4.26. The van der Waals surface area contributed by atoms with E-state index in [0.29, 0.717) is 6.04 Å². The van der Waals surface area contributed by atoms with Crippen molar-refractivity contribution in [3.8, 4) is 17.0 Å². The van der Waals surface area contributed by atoms with E-state index in [1.807, 2.05) is 23.7 Å². The first-order valence-electron chi connectivity index (χ1n) is 8.78. The Morgan fingerprint density at radius 2 is 2.31 bits per heavy atom. The number of nitrogens with zero attached hydrogens (tertiary/aromatic N) is 4. The molecule has 1 atom stereocenters. The van der Waals surface area contributed by atoms with Crippen LogP contribution in [0.3, 0.4) is 0 Å². The van der Waals surface area contributed by atoms with Crippen LogP contribution in [0.2, 0.25) is 0 Å². The monoisotopic (exact) mass is 373 g/mol. The van der Waals surface area contributed by atoms with E-state index in [1.165, 1.54) is 0 Å². The average Bonchev–Trinajstić information content (AvgIpc) is 3.23. The number of piperazine rings is 1. The van der Waals surface area contributed by atoms with Crippen LogP contribution < -0.4 is 15.0 Å². The molecular weight excluding hydrogens is 350 g/mol. The molecule has 0 spiro atoms. The minimum atomic E-state index is 0.198. The first-order chi connectivity index (χ1) is 12.7. The zero-order valence-corrected chi connectivity index (χ0v) is 15.8. The van der Waals surface area contributed by atoms with Crippen molar-refractivity contribution in [2.24, 2.45) is 0 Å². The van der Waals surface area contributed by atoms with E-state index >= 15 is 0 Å². The summed E-state index contributed by atoms with van der Waals surface area (Å²) in [6, 6.07) is 6.44. The van der Waals surface area contributed by atoms with E-state index in [2.05, 4.69) is 27.3 Å². The van der Waals surface area contributed by atoms with E-state index in [-0.39, 0.29) is 6.61 Å². The van der Waals surface area contributed by atoms with Gasteiger partial charge in [-0.3, -0.25) is 0 Å². The highest BCUT2D eigenvalue weighted by molar-refractivity contribution is 7.20. The van der Waals surface area contributed by atoms with Gasteiger partial charge in [-0.1, -0.05) is 17.4 Å². The molecule has 138 valence electrons. The SMILES string of the molecule is COc1cc(C)ccc1-c1cnc2sc(N3CCNC(CCO)C3)nn12. The van der Waals surface area contributed by atoms with E-state index < -0.39 is 0 Å². The van der Waals surface area contributed by atoms with Crippen LogP contribution >= 0.6 is 11.3 Å². The summed E-state index contributed by atoms with van der Waals surface area (Å²) in [5.74, 6) is 0.825. The summed E-state index contributed by atoms with van der Waals surface area (Å²) in [6.07, 6.45) is 2.60. The molecule has 1 aromatic carbocycles. The molecule has 3 heterocycles. The van der Waals surface area contributed by atoms with Gasteiger partial charge in [0.2, 0.25) is 10.1 Å². The topological polar surface area (TPSA) is 74.9 Å². The summed E-state index contributed by atoms with van der Waals surface area (Å²) in [4.78, 5) is 7.69. The maximum atomic E-state index is 9.19. The van der Waals surface area contributed by atoms with Gasteiger partial charge in [0.1, 0.15) is 5.75 Å². The molecule has 8 heteroatoms. The van der Waals surface area contributed by atoms with Crippen LogP contribution in [0.4, 0.5) is 5.13 Å². The molecule has 1 aliphatic heterocycles. The van der Waals surface area contributed by atoms with Gasteiger partial charge in [-0.15, -0.1) is 5.10 Å². The molecule has 0 saturated carbocycles. The molecule has 1 fully saturated rings. The number of aryl methyl sites for hydroxylation is 1. The van der Waals surface area contributed by atoms with Crippen molar-refractivity contribution in [1.29, 1.82) is 0 Å². The number of rotatable bonds is 5. The Balaban J connectivity index is 1.67. The summed E-state index contributed by atoms with van der Waals surface area (Å²) in [5.41, 5.74) is 3.07. The predicted molar refractivity (Wildman–Crippen MR) is 103 cm³/mol. The van der Waals surface area contributed by atoms with Gasteiger partial charge in [0, 0.05) is 37.8 Å². The summed E-state index contributed by atoms with van der Waals surface area (Å²) in [6.45, 7) is 4.89. The molecule has 7 nitrogen and oxygen atoms in total. The number of methoxy groups -OCH3 is 1. The van der Waals surface area contributed by atoms with E-state index in [1.54, 1.807) is 18.4 Å². The minimum Gasteiger partial charge on any atom is -0.496 e. The Morgan fingerprint density at radius 1 is 1.42 bits per heavy atom. The standard InChI is InChI=1S/C18H23N5O2S/c1-12-3-4-14(16(9-12)25-2)15-10-20-17-23(15)21-18(26-17)22-7-6-19-13(11-22)5-8-24/h3-4,9-10,13,19,24H,5-8,11H2,1-2H3. The zero-order chi connectivity index (χ0) is 18.1. The lowest BCUT2D eigenvalue weighted by Crippen LogP contribution is -2.51. The van der Waals surface area contributed by atoms with Crippen molar-refractivity contribution in [3.63, 3.8) is 0 Å². The second-order valence-corrected chi connectivity index (χ2v) is 7.47. The van der Waals surface area contributed by atoms with Crippen molar-refractivity contribution in [2.45, 2.75) is 19.4 Å². The maximum Gasteiger partial charge on any atom is 0.214 e. The number of imidazole rings is 1. The number of hydrogen-bond donors (Lipinski definition) is 2. The normalized spacial score (nSPS) is 17.8. The number of aliphatic hydroxyl groups is 1. The van der Waals surface area contributed by atoms with Crippen molar-refractivity contribution in [3.05, 3.63) is 30.0 Å². The number of aromatic nitrogens is 3. The average molecular weight is 373 g/mol. The number of nitrogens with one attached hydrogen (secondary N) is 1. The van der Waals surface area contributed by atoms with E-state index in [4.69, 9.17) is 9.84 Å². The van der Waals surface area contributed by atoms with E-state index in [0.717, 1.165) is 58.7 Å². The second kappa shape index (κ2) is 7.22. The highest BCUT2D eigenvalue weighted by Crippen LogP contribution is 2.33. The van der Waals surface area contributed by atoms with Crippen molar-refractivity contribution < 1.29 is 9.84 Å². The molecule has 1 saturated heterocycles. The molecule has 26 heavy (non-hydrogen) atoms. The van der Waals surface area contributed by atoms with Crippen LogP contribution in [-0.2, 0) is 0 Å². The first-order valence-corrected chi connectivity index (χ1v) is 9.60. The molecular formula is C18H23N5O2S. The van der Waals surface area contributed by atoms with Crippen molar-refractivity contribution in [1.82, 2.24) is 19.9 Å². The fourth-order valence-electron chi connectivity index (χ4n) is 3.35. The minimum absolute atomic E-state index is 0.198. The Kier molecular flexibility index (Phi) is 4.80. The third-order valence-electron chi connectivity index (χ3n) is 4.71. The van der Waals surface area contributed by atoms with Crippen LogP contribution in [0.25, 0.3) is 16.2 Å². The summed E-state index contributed by atoms with van der Waals surface area (Å²) < 4.78 is 7.45. The van der Waals surface area contributed by atoms with Crippen LogP contribution in [0, 0.1) is 6.92 Å². The zero-order valence-electron chi connectivity index (χ0n) is 15.0. The van der Waals surface area contributed by atoms with Gasteiger partial charge in [0.05, 0.1) is 19.0 Å². The van der Waals surface area contributed by atoms with Gasteiger partial charge < -0.3 is 20.1 Å². The smallest absolute Gasteiger partial charge is 0.214 e. The Labute approximate surface area is 156 Å². The third kappa shape index (κ3) is 3.15. The van der Waals surface area contributed by atoms with Gasteiger partial charge in [-0.05, 0) is 31.0 Å². The highest BCUT2D eigenvalue weighted by atomic mass is 32.1. The van der Waals surface area contributed by atoms with E-state index in [9.17, 15) is 5.11 Å². The molecule has 1 aliphatic rings. The predicted octanol–water partition coefficient (Wildman–Crippen LogP) is 1.94. The molecule has 0 bridgehead atoms. The molecule has 3 aromatic rings. The number of anilines is 1. The molecule has 2 aromatic heterocycles. The van der Waals surface area contributed by atoms with Crippen molar-refractivity contribution in [2.75, 3.05) is 38.3 Å². The number of aliphatic hydroxyl groups excluding tert-OH is 1. The van der Waals surface area contributed by atoms with Crippen LogP contribution in [0.1, 0.15) is 12.0 Å². The summed E-state index contributed by atoms with van der Waals surface area (Å²) in [5, 5.41) is 18.4. The fraction of sp³-hybridized carbons (Fsp3) is 0.444. The quantitative estimate of drug-likeness (QED) is 0.712. The van der Waals surface area contributed by atoms with Crippen LogP contribution in [0.15, 0.2) is 24.4 Å². The number of hydrogen-bond acceptors (Lipinski definition) is 7. The Hall–Kier alpha value is -2.16. The van der Waals surface area contributed by atoms with Crippen molar-refractivity contribution >= 4 is 21.4 Å². The molecule has 2 N–H and O–H groups in total. The largest absolute Gasteiger partial charge is 0.496 e. The molecule has 0 aliphatic carbocycles. The highest BCUT2D eigenvalue weighted by Gasteiger charge is 2.23. The molecule has 0 amide bonds. The number of ether oxygens (including phenoxy) is 1. The van der Waals surface area contributed by atoms with Gasteiger partial charge in [-0.25, -0.2) is 9.50 Å². The molecule has 1 unspecified atom stereocenters. The van der Waals surface area contributed by atoms with Gasteiger partial charge in [-0.2, -0.15) is 0 Å². The lowest BCUT2D eigenvalue weighted by molar-refractivity contribution is 0.260. The second-order valence-electron chi connectivity index (χ2n) is 6.54. The lowest BCUT2D eigenvalue weighted by Gasteiger charge is -2.32. The van der Waals surface area contributed by atoms with Crippen LogP contribution in [0.5, 0.6) is 5.75 Å². The third-order valence-corrected chi connectivity index (χ3v) is 5.69. The maximum absolute atomic E-state index is 9.19. The van der Waals surface area contributed by atoms with Gasteiger partial charge >= 0.3 is 0 Å². The van der Waals surface area contributed by atoms with Gasteiger partial charge in [0.15, 0.2) is 0 Å². The number of fused-ring (bicyclic) bond motifs is 1. The van der Waals surface area contributed by atoms with Gasteiger partial charge in [0.25, 0.3) is 0 Å². The summed E-state index contributed by atoms with van der Waals surface area (Å²) >= 11 is 1.59. The number of benzene rings is 1. The first kappa shape index (κ1) is 17.3. The summed E-state index contributed by atoms with van der Waals surface area (Å²) in [7, 11) is 1.69. The van der Waals surface area contributed by atoms with Crippen LogP contribution in [-0.4, -0.2) is 59.1 Å².